The van der Waals surface area contributed by atoms with E-state index in [1.807, 2.05) is 6.07 Å². The molecular formula is C32H21Cl2FN4O3. The summed E-state index contributed by atoms with van der Waals surface area (Å²) in [7, 11) is 0. The minimum absolute atomic E-state index is 0.159. The highest BCUT2D eigenvalue weighted by atomic mass is 35.5. The van der Waals surface area contributed by atoms with Gasteiger partial charge in [-0.3, -0.25) is 9.48 Å². The van der Waals surface area contributed by atoms with Crippen LogP contribution in [0.15, 0.2) is 79.0 Å². The van der Waals surface area contributed by atoms with Gasteiger partial charge in [0.15, 0.2) is 0 Å². The van der Waals surface area contributed by atoms with Gasteiger partial charge in [-0.05, 0) is 95.8 Å². The fraction of sp³-hybridized carbons (Fsp3) is 0.125. The molecule has 0 spiro atoms. The standard InChI is InChI=1S/C32H21Cl2FN4O3/c33-25-8-19(9-26(34)14-25)17-39-29-23(16-37-39)11-22(21-7-18(15-36)10-27(35)12-21)13-28(29)30(40)38-32(5-6-32)24-3-1-20(2-4-24)31(41)42/h1-4,7-14,16H,5-6,17H2,(H,38,40)(H,41,42). The molecular weight excluding hydrogens is 578 g/mol. The number of benzene rings is 4. The molecule has 1 amide bonds. The van der Waals surface area contributed by atoms with Crippen LogP contribution in [0.4, 0.5) is 4.39 Å². The van der Waals surface area contributed by atoms with E-state index in [1.165, 1.54) is 18.2 Å². The van der Waals surface area contributed by atoms with E-state index in [0.29, 0.717) is 50.5 Å². The number of rotatable bonds is 7. The third-order valence-electron chi connectivity index (χ3n) is 7.38. The van der Waals surface area contributed by atoms with Gasteiger partial charge < -0.3 is 10.4 Å². The Labute approximate surface area is 249 Å². The van der Waals surface area contributed by atoms with E-state index in [4.69, 9.17) is 23.2 Å². The molecule has 0 aliphatic heterocycles. The molecule has 42 heavy (non-hydrogen) atoms. The van der Waals surface area contributed by atoms with Crippen LogP contribution in [0, 0.1) is 17.1 Å². The highest BCUT2D eigenvalue weighted by Gasteiger charge is 2.46. The lowest BCUT2D eigenvalue weighted by Gasteiger charge is -2.19. The molecule has 208 valence electrons. The van der Waals surface area contributed by atoms with Crippen LogP contribution in [0.3, 0.4) is 0 Å². The van der Waals surface area contributed by atoms with Gasteiger partial charge in [-0.1, -0.05) is 35.3 Å². The van der Waals surface area contributed by atoms with Crippen molar-refractivity contribution in [1.82, 2.24) is 15.1 Å². The molecule has 0 bridgehead atoms. The zero-order valence-corrected chi connectivity index (χ0v) is 23.4. The Balaban J connectivity index is 1.45. The van der Waals surface area contributed by atoms with Gasteiger partial charge >= 0.3 is 5.97 Å². The molecule has 0 atom stereocenters. The first-order valence-electron chi connectivity index (χ1n) is 13.0. The van der Waals surface area contributed by atoms with Crippen molar-refractivity contribution in [2.45, 2.75) is 24.9 Å². The molecule has 4 aromatic carbocycles. The SMILES string of the molecule is N#Cc1cc(F)cc(-c2cc(C(=O)NC3(c4ccc(C(=O)O)cc4)CC3)c3c(cnn3Cc3cc(Cl)cc(Cl)c3)c2)c1. The maximum atomic E-state index is 14.4. The summed E-state index contributed by atoms with van der Waals surface area (Å²) >= 11 is 12.4. The number of carboxylic acid groups (broad SMARTS) is 1. The van der Waals surface area contributed by atoms with E-state index in [9.17, 15) is 24.3 Å². The second kappa shape index (κ2) is 10.6. The van der Waals surface area contributed by atoms with Gasteiger partial charge in [0.2, 0.25) is 0 Å². The summed E-state index contributed by atoms with van der Waals surface area (Å²) in [4.78, 5) is 25.3. The van der Waals surface area contributed by atoms with Gasteiger partial charge in [0.05, 0.1) is 46.6 Å². The van der Waals surface area contributed by atoms with Crippen LogP contribution in [0.1, 0.15) is 50.2 Å². The maximum absolute atomic E-state index is 14.4. The molecule has 1 saturated carbocycles. The number of halogens is 3. The third kappa shape index (κ3) is 5.32. The van der Waals surface area contributed by atoms with Crippen LogP contribution in [0.5, 0.6) is 0 Å². The first-order valence-corrected chi connectivity index (χ1v) is 13.7. The van der Waals surface area contributed by atoms with Crippen LogP contribution >= 0.6 is 23.2 Å². The quantitative estimate of drug-likeness (QED) is 0.206. The monoisotopic (exact) mass is 598 g/mol. The van der Waals surface area contributed by atoms with Crippen LogP contribution in [-0.2, 0) is 12.1 Å². The molecule has 0 unspecified atom stereocenters. The van der Waals surface area contributed by atoms with E-state index >= 15 is 0 Å². The van der Waals surface area contributed by atoms with E-state index in [1.54, 1.807) is 59.4 Å². The number of nitriles is 1. The number of hydrogen-bond acceptors (Lipinski definition) is 4. The zero-order chi connectivity index (χ0) is 29.6. The number of hydrogen-bond donors (Lipinski definition) is 2. The minimum atomic E-state index is -1.03. The number of nitrogens with one attached hydrogen (secondary N) is 1. The Morgan fingerprint density at radius 3 is 2.33 bits per heavy atom. The van der Waals surface area contributed by atoms with Crippen LogP contribution in [0.25, 0.3) is 22.0 Å². The predicted molar refractivity (Wildman–Crippen MR) is 157 cm³/mol. The van der Waals surface area contributed by atoms with Crippen molar-refractivity contribution < 1.29 is 19.1 Å². The summed E-state index contributed by atoms with van der Waals surface area (Å²) in [6.45, 7) is 0.281. The van der Waals surface area contributed by atoms with Crippen LogP contribution < -0.4 is 5.32 Å². The fourth-order valence-electron chi connectivity index (χ4n) is 5.22. The van der Waals surface area contributed by atoms with Crippen molar-refractivity contribution in [1.29, 1.82) is 5.26 Å². The normalized spacial score (nSPS) is 13.5. The van der Waals surface area contributed by atoms with E-state index < -0.39 is 17.3 Å². The lowest BCUT2D eigenvalue weighted by Crippen LogP contribution is -2.35. The van der Waals surface area contributed by atoms with Crippen molar-refractivity contribution in [3.63, 3.8) is 0 Å². The van der Waals surface area contributed by atoms with Gasteiger partial charge in [0, 0.05) is 15.4 Å². The molecule has 0 radical (unpaired) electrons. The highest BCUT2D eigenvalue weighted by Crippen LogP contribution is 2.46. The number of aromatic nitrogens is 2. The minimum Gasteiger partial charge on any atom is -0.478 e. The van der Waals surface area contributed by atoms with Crippen molar-refractivity contribution in [2.24, 2.45) is 0 Å². The van der Waals surface area contributed by atoms with Gasteiger partial charge in [-0.25, -0.2) is 9.18 Å². The highest BCUT2D eigenvalue weighted by molar-refractivity contribution is 6.34. The van der Waals surface area contributed by atoms with Gasteiger partial charge in [0.1, 0.15) is 5.82 Å². The Morgan fingerprint density at radius 1 is 1.00 bits per heavy atom. The van der Waals surface area contributed by atoms with Crippen molar-refractivity contribution in [2.75, 3.05) is 0 Å². The Morgan fingerprint density at radius 2 is 1.69 bits per heavy atom. The summed E-state index contributed by atoms with van der Waals surface area (Å²) < 4.78 is 16.1. The zero-order valence-electron chi connectivity index (χ0n) is 21.9. The smallest absolute Gasteiger partial charge is 0.335 e. The fourth-order valence-corrected chi connectivity index (χ4v) is 5.79. The summed E-state index contributed by atoms with van der Waals surface area (Å²) in [5, 5.41) is 27.9. The van der Waals surface area contributed by atoms with Crippen LogP contribution in [-0.4, -0.2) is 26.8 Å². The third-order valence-corrected chi connectivity index (χ3v) is 7.82. The second-order valence-corrected chi connectivity index (χ2v) is 11.2. The second-order valence-electron chi connectivity index (χ2n) is 10.3. The first kappa shape index (κ1) is 27.5. The molecule has 0 saturated heterocycles. The summed E-state index contributed by atoms with van der Waals surface area (Å²) in [6.07, 6.45) is 3.00. The molecule has 7 nitrogen and oxygen atoms in total. The van der Waals surface area contributed by atoms with E-state index in [0.717, 1.165) is 17.2 Å². The lowest BCUT2D eigenvalue weighted by atomic mass is 9.97. The molecule has 6 rings (SSSR count). The molecule has 2 N–H and O–H groups in total. The number of fused-ring (bicyclic) bond motifs is 1. The van der Waals surface area contributed by atoms with Gasteiger partial charge in [-0.2, -0.15) is 10.4 Å². The number of amides is 1. The number of aromatic carboxylic acids is 1. The average molecular weight is 599 g/mol. The van der Waals surface area contributed by atoms with E-state index in [-0.39, 0.29) is 23.6 Å². The summed E-state index contributed by atoms with van der Waals surface area (Å²) in [5.41, 5.74) is 3.12. The van der Waals surface area contributed by atoms with Gasteiger partial charge in [-0.15, -0.1) is 0 Å². The molecule has 1 aliphatic rings. The molecule has 1 aliphatic carbocycles. The molecule has 1 heterocycles. The van der Waals surface area contributed by atoms with Crippen LogP contribution in [0.2, 0.25) is 10.0 Å². The Kier molecular flexibility index (Phi) is 6.93. The molecule has 5 aromatic rings. The van der Waals surface area contributed by atoms with Gasteiger partial charge in [0.25, 0.3) is 5.91 Å². The number of nitrogens with zero attached hydrogens (tertiary/aromatic N) is 3. The summed E-state index contributed by atoms with van der Waals surface area (Å²) in [5.74, 6) is -1.96. The van der Waals surface area contributed by atoms with Crippen molar-refractivity contribution in [3.8, 4) is 17.2 Å². The first-order chi connectivity index (χ1) is 20.1. The van der Waals surface area contributed by atoms with E-state index in [2.05, 4.69) is 10.4 Å². The average Bonchev–Trinajstić information content (AvgIpc) is 3.63. The molecule has 1 aromatic heterocycles. The Hall–Kier alpha value is -4.71. The summed E-state index contributed by atoms with van der Waals surface area (Å²) in [6, 6.07) is 21.1. The molecule has 1 fully saturated rings. The number of carbonyl (C=O) groups excluding carboxylic acids is 1. The maximum Gasteiger partial charge on any atom is 0.335 e. The number of carbonyl (C=O) groups is 2. The largest absolute Gasteiger partial charge is 0.478 e. The Bertz CT molecular complexity index is 1920. The van der Waals surface area contributed by atoms with Crippen molar-refractivity contribution >= 4 is 46.0 Å². The van der Waals surface area contributed by atoms with Crippen molar-refractivity contribution in [3.05, 3.63) is 123 Å². The lowest BCUT2D eigenvalue weighted by molar-refractivity contribution is 0.0696. The predicted octanol–water partition coefficient (Wildman–Crippen LogP) is 7.19. The number of carboxylic acids is 1. The topological polar surface area (TPSA) is 108 Å². The molecule has 10 heteroatoms.